The molecule has 0 aliphatic carbocycles. The van der Waals surface area contributed by atoms with Gasteiger partial charge in [-0.1, -0.05) is 68.4 Å². The van der Waals surface area contributed by atoms with Gasteiger partial charge in [0.15, 0.2) is 0 Å². The van der Waals surface area contributed by atoms with Gasteiger partial charge in [-0.3, -0.25) is 13.9 Å². The molecule has 3 aromatic rings. The van der Waals surface area contributed by atoms with Crippen LogP contribution in [-0.4, -0.2) is 50.9 Å². The fourth-order valence-corrected chi connectivity index (χ4v) is 5.81. The fraction of sp³-hybridized carbons (Fsp3) is 0.355. The van der Waals surface area contributed by atoms with Crippen LogP contribution in [0.5, 0.6) is 5.75 Å². The first-order chi connectivity index (χ1) is 19.1. The second-order valence-electron chi connectivity index (χ2n) is 9.75. The molecule has 3 rings (SSSR count). The molecule has 3 aromatic carbocycles. The molecule has 0 aromatic heterocycles. The summed E-state index contributed by atoms with van der Waals surface area (Å²) < 4.78 is 34.6. The van der Waals surface area contributed by atoms with E-state index >= 15 is 0 Å². The van der Waals surface area contributed by atoms with Crippen molar-refractivity contribution in [1.29, 1.82) is 0 Å². The number of anilines is 1. The number of carbonyl (C=O) groups excluding carboxylic acids is 2. The predicted octanol–water partition coefficient (Wildman–Crippen LogP) is 4.92. The standard InChI is InChI=1S/C31H39N3O5S/c1-6-24(4)32-31(36)27(7-2)33(21-25-14-10-8-11-15-25)30(35)22-34(28-20-23(3)18-19-29(28)39-5)40(37,38)26-16-12-9-13-17-26/h8-20,24,27H,6-7,21-22H2,1-5H3,(H,32,36)/t24-,27-/m0/s1. The van der Waals surface area contributed by atoms with Crippen LogP contribution in [0.1, 0.15) is 44.7 Å². The van der Waals surface area contributed by atoms with Gasteiger partial charge in [0.05, 0.1) is 17.7 Å². The second kappa shape index (κ2) is 14.0. The van der Waals surface area contributed by atoms with E-state index in [1.54, 1.807) is 30.3 Å². The van der Waals surface area contributed by atoms with Crippen molar-refractivity contribution < 1.29 is 22.7 Å². The summed E-state index contributed by atoms with van der Waals surface area (Å²) >= 11 is 0. The van der Waals surface area contributed by atoms with Crippen LogP contribution in [0.25, 0.3) is 0 Å². The van der Waals surface area contributed by atoms with Crippen molar-refractivity contribution in [3.63, 3.8) is 0 Å². The first-order valence-corrected chi connectivity index (χ1v) is 14.9. The maximum atomic E-state index is 14.2. The molecular formula is C31H39N3O5S. The lowest BCUT2D eigenvalue weighted by molar-refractivity contribution is -0.140. The Morgan fingerprint density at radius 1 is 0.925 bits per heavy atom. The number of methoxy groups -OCH3 is 1. The topological polar surface area (TPSA) is 96.0 Å². The van der Waals surface area contributed by atoms with E-state index < -0.39 is 28.5 Å². The van der Waals surface area contributed by atoms with E-state index in [9.17, 15) is 18.0 Å². The molecule has 2 atom stereocenters. The summed E-state index contributed by atoms with van der Waals surface area (Å²) in [5.41, 5.74) is 1.88. The number of hydrogen-bond acceptors (Lipinski definition) is 5. The summed E-state index contributed by atoms with van der Waals surface area (Å²) in [5, 5.41) is 2.98. The Morgan fingerprint density at radius 2 is 1.55 bits per heavy atom. The summed E-state index contributed by atoms with van der Waals surface area (Å²) in [4.78, 5) is 29.0. The molecule has 1 N–H and O–H groups in total. The van der Waals surface area contributed by atoms with Crippen molar-refractivity contribution in [1.82, 2.24) is 10.2 Å². The molecule has 0 saturated carbocycles. The van der Waals surface area contributed by atoms with E-state index in [4.69, 9.17) is 4.74 Å². The molecule has 8 nitrogen and oxygen atoms in total. The van der Waals surface area contributed by atoms with Crippen LogP contribution >= 0.6 is 0 Å². The van der Waals surface area contributed by atoms with Gasteiger partial charge in [0.25, 0.3) is 10.0 Å². The van der Waals surface area contributed by atoms with Gasteiger partial charge in [-0.15, -0.1) is 0 Å². The molecule has 2 amide bonds. The number of hydrogen-bond donors (Lipinski definition) is 1. The monoisotopic (exact) mass is 565 g/mol. The zero-order valence-electron chi connectivity index (χ0n) is 23.8. The molecular weight excluding hydrogens is 526 g/mol. The zero-order chi connectivity index (χ0) is 29.3. The lowest BCUT2D eigenvalue weighted by Crippen LogP contribution is -2.53. The van der Waals surface area contributed by atoms with Gasteiger partial charge in [0.1, 0.15) is 18.3 Å². The largest absolute Gasteiger partial charge is 0.495 e. The molecule has 40 heavy (non-hydrogen) atoms. The van der Waals surface area contributed by atoms with Gasteiger partial charge in [-0.25, -0.2) is 8.42 Å². The van der Waals surface area contributed by atoms with Crippen LogP contribution in [0.2, 0.25) is 0 Å². The number of carbonyl (C=O) groups is 2. The quantitative estimate of drug-likeness (QED) is 0.317. The van der Waals surface area contributed by atoms with Gasteiger partial charge >= 0.3 is 0 Å². The van der Waals surface area contributed by atoms with Gasteiger partial charge in [-0.05, 0) is 62.1 Å². The molecule has 0 aliphatic heterocycles. The van der Waals surface area contributed by atoms with Gasteiger partial charge in [0, 0.05) is 12.6 Å². The van der Waals surface area contributed by atoms with Crippen LogP contribution in [0.3, 0.4) is 0 Å². The van der Waals surface area contributed by atoms with Crippen LogP contribution < -0.4 is 14.4 Å². The van der Waals surface area contributed by atoms with Gasteiger partial charge < -0.3 is 15.0 Å². The molecule has 214 valence electrons. The Balaban J connectivity index is 2.10. The number of nitrogens with zero attached hydrogens (tertiary/aromatic N) is 2. The lowest BCUT2D eigenvalue weighted by atomic mass is 10.1. The van der Waals surface area contributed by atoms with Crippen LogP contribution in [0.15, 0.2) is 83.8 Å². The number of ether oxygens (including phenoxy) is 1. The van der Waals surface area contributed by atoms with Crippen molar-refractivity contribution in [2.75, 3.05) is 18.0 Å². The number of rotatable bonds is 13. The number of amides is 2. The third kappa shape index (κ3) is 7.41. The first kappa shape index (κ1) is 30.7. The minimum atomic E-state index is -4.18. The minimum absolute atomic E-state index is 0.0440. The van der Waals surface area contributed by atoms with E-state index in [-0.39, 0.29) is 29.1 Å². The number of nitrogens with one attached hydrogen (secondary N) is 1. The molecule has 0 spiro atoms. The van der Waals surface area contributed by atoms with E-state index in [2.05, 4.69) is 5.32 Å². The molecule has 0 unspecified atom stereocenters. The third-order valence-corrected chi connectivity index (χ3v) is 8.57. The summed E-state index contributed by atoms with van der Waals surface area (Å²) in [5.74, 6) is -0.459. The highest BCUT2D eigenvalue weighted by Crippen LogP contribution is 2.33. The van der Waals surface area contributed by atoms with E-state index in [0.717, 1.165) is 21.9 Å². The minimum Gasteiger partial charge on any atom is -0.495 e. The molecule has 0 fully saturated rings. The molecule has 0 heterocycles. The van der Waals surface area contributed by atoms with E-state index in [0.29, 0.717) is 12.2 Å². The summed E-state index contributed by atoms with van der Waals surface area (Å²) in [6.45, 7) is 7.19. The average molecular weight is 566 g/mol. The molecule has 0 aliphatic rings. The highest BCUT2D eigenvalue weighted by Gasteiger charge is 2.35. The Bertz CT molecular complexity index is 1380. The Labute approximate surface area is 238 Å². The maximum Gasteiger partial charge on any atom is 0.264 e. The maximum absolute atomic E-state index is 14.2. The van der Waals surface area contributed by atoms with Crippen LogP contribution in [0, 0.1) is 6.92 Å². The summed E-state index contributed by atoms with van der Waals surface area (Å²) in [6.07, 6.45) is 1.10. The number of aryl methyl sites for hydroxylation is 1. The van der Waals surface area contributed by atoms with Crippen molar-refractivity contribution in [3.8, 4) is 5.75 Å². The van der Waals surface area contributed by atoms with Crippen molar-refractivity contribution in [3.05, 3.63) is 90.0 Å². The zero-order valence-corrected chi connectivity index (χ0v) is 24.6. The van der Waals surface area contributed by atoms with Crippen molar-refractivity contribution in [2.45, 2.75) is 64.1 Å². The predicted molar refractivity (Wildman–Crippen MR) is 158 cm³/mol. The van der Waals surface area contributed by atoms with Crippen LogP contribution in [-0.2, 0) is 26.2 Å². The smallest absolute Gasteiger partial charge is 0.264 e. The normalized spacial score (nSPS) is 12.7. The first-order valence-electron chi connectivity index (χ1n) is 13.5. The highest BCUT2D eigenvalue weighted by molar-refractivity contribution is 7.92. The van der Waals surface area contributed by atoms with E-state index in [1.807, 2.05) is 64.1 Å². The molecule has 0 radical (unpaired) electrons. The SMILES string of the molecule is CC[C@H](C)NC(=O)[C@H](CC)N(Cc1ccccc1)C(=O)CN(c1cc(C)ccc1OC)S(=O)(=O)c1ccccc1. The van der Waals surface area contributed by atoms with E-state index in [1.165, 1.54) is 24.1 Å². The van der Waals surface area contributed by atoms with Crippen molar-refractivity contribution >= 4 is 27.5 Å². The molecule has 0 saturated heterocycles. The van der Waals surface area contributed by atoms with Crippen LogP contribution in [0.4, 0.5) is 5.69 Å². The highest BCUT2D eigenvalue weighted by atomic mass is 32.2. The Kier molecular flexibility index (Phi) is 10.7. The van der Waals surface area contributed by atoms with Gasteiger partial charge in [-0.2, -0.15) is 0 Å². The Morgan fingerprint density at radius 3 is 2.12 bits per heavy atom. The van der Waals surface area contributed by atoms with Crippen molar-refractivity contribution in [2.24, 2.45) is 0 Å². The molecule has 0 bridgehead atoms. The average Bonchev–Trinajstić information content (AvgIpc) is 2.96. The Hall–Kier alpha value is -3.85. The lowest BCUT2D eigenvalue weighted by Gasteiger charge is -2.34. The number of sulfonamides is 1. The summed E-state index contributed by atoms with van der Waals surface area (Å²) in [7, 11) is -2.72. The third-order valence-electron chi connectivity index (χ3n) is 6.80. The molecule has 9 heteroatoms. The number of benzene rings is 3. The fourth-order valence-electron chi connectivity index (χ4n) is 4.37. The summed E-state index contributed by atoms with van der Waals surface area (Å²) in [6, 6.07) is 21.6. The van der Waals surface area contributed by atoms with Gasteiger partial charge in [0.2, 0.25) is 11.8 Å². The second-order valence-corrected chi connectivity index (χ2v) is 11.6.